The van der Waals surface area contributed by atoms with Gasteiger partial charge in [-0.25, -0.2) is 0 Å². The number of fused-ring (bicyclic) bond motifs is 1. The van der Waals surface area contributed by atoms with Gasteiger partial charge in [-0.05, 0) is 44.2 Å². The van der Waals surface area contributed by atoms with Crippen molar-refractivity contribution in [3.63, 3.8) is 0 Å². The van der Waals surface area contributed by atoms with Crippen LogP contribution < -0.4 is 0 Å². The van der Waals surface area contributed by atoms with Crippen LogP contribution in [0.4, 0.5) is 0 Å². The number of nitrogens with zero attached hydrogens (tertiary/aromatic N) is 3. The molecular formula is C29H47N3O. The van der Waals surface area contributed by atoms with E-state index in [0.717, 1.165) is 23.9 Å². The van der Waals surface area contributed by atoms with E-state index in [0.29, 0.717) is 6.42 Å². The second-order valence-electron chi connectivity index (χ2n) is 9.49. The average Bonchev–Trinajstić information content (AvgIpc) is 3.27. The Morgan fingerprint density at radius 3 is 1.85 bits per heavy atom. The van der Waals surface area contributed by atoms with Gasteiger partial charge in [0, 0.05) is 6.42 Å². The predicted molar refractivity (Wildman–Crippen MR) is 141 cm³/mol. The summed E-state index contributed by atoms with van der Waals surface area (Å²) in [6.07, 6.45) is 29.1. The highest BCUT2D eigenvalue weighted by Crippen LogP contribution is 2.14. The lowest BCUT2D eigenvalue weighted by Crippen LogP contribution is -2.12. The molecule has 184 valence electrons. The Morgan fingerprint density at radius 2 is 1.24 bits per heavy atom. The van der Waals surface area contributed by atoms with Crippen molar-refractivity contribution in [2.75, 3.05) is 0 Å². The number of hydrogen-bond donors (Lipinski definition) is 0. The molecule has 0 saturated carbocycles. The van der Waals surface area contributed by atoms with E-state index in [1.807, 2.05) is 24.3 Å². The summed E-state index contributed by atoms with van der Waals surface area (Å²) in [7, 11) is 0. The van der Waals surface area contributed by atoms with Crippen LogP contribution in [0.5, 0.6) is 0 Å². The second-order valence-corrected chi connectivity index (χ2v) is 9.49. The number of carbonyl (C=O) groups excluding carboxylic acids is 1. The number of allylic oxidation sites excluding steroid dienone is 2. The Bertz CT molecular complexity index is 780. The Hall–Kier alpha value is -1.97. The summed E-state index contributed by atoms with van der Waals surface area (Å²) in [6, 6.07) is 7.63. The molecule has 4 heteroatoms. The van der Waals surface area contributed by atoms with E-state index in [1.54, 1.807) is 0 Å². The highest BCUT2D eigenvalue weighted by atomic mass is 16.2. The van der Waals surface area contributed by atoms with Crippen LogP contribution in [-0.4, -0.2) is 20.9 Å². The smallest absolute Gasteiger partial charge is 0.248 e. The molecule has 33 heavy (non-hydrogen) atoms. The normalized spacial score (nSPS) is 11.7. The molecule has 0 amide bonds. The fraction of sp³-hybridized carbons (Fsp3) is 0.690. The van der Waals surface area contributed by atoms with E-state index in [-0.39, 0.29) is 5.91 Å². The number of benzene rings is 1. The maximum atomic E-state index is 12.4. The number of carbonyl (C=O) groups is 1. The number of rotatable bonds is 20. The molecule has 0 unspecified atom stereocenters. The Kier molecular flexibility index (Phi) is 15.3. The number of unbranched alkanes of at least 4 members (excludes halogenated alkanes) is 16. The molecule has 1 heterocycles. The predicted octanol–water partition coefficient (Wildman–Crippen LogP) is 9.06. The van der Waals surface area contributed by atoms with Crippen molar-refractivity contribution in [3.05, 3.63) is 36.4 Å². The molecule has 0 aliphatic heterocycles. The molecule has 0 fully saturated rings. The molecule has 0 atom stereocenters. The van der Waals surface area contributed by atoms with Gasteiger partial charge >= 0.3 is 0 Å². The van der Waals surface area contributed by atoms with Crippen LogP contribution in [0.2, 0.25) is 0 Å². The minimum Gasteiger partial charge on any atom is -0.273 e. The van der Waals surface area contributed by atoms with E-state index >= 15 is 0 Å². The van der Waals surface area contributed by atoms with Crippen LogP contribution in [-0.2, 0) is 0 Å². The van der Waals surface area contributed by atoms with Crippen molar-refractivity contribution in [2.24, 2.45) is 0 Å². The molecule has 0 bridgehead atoms. The van der Waals surface area contributed by atoms with Crippen molar-refractivity contribution in [1.29, 1.82) is 0 Å². The Morgan fingerprint density at radius 1 is 0.727 bits per heavy atom. The molecule has 0 saturated heterocycles. The summed E-state index contributed by atoms with van der Waals surface area (Å²) >= 11 is 0. The van der Waals surface area contributed by atoms with Gasteiger partial charge in [0.2, 0.25) is 5.91 Å². The van der Waals surface area contributed by atoms with Gasteiger partial charge in [-0.1, -0.05) is 120 Å². The first-order valence-electron chi connectivity index (χ1n) is 13.8. The minimum absolute atomic E-state index is 0.0521. The summed E-state index contributed by atoms with van der Waals surface area (Å²) in [6.45, 7) is 2.28. The summed E-state index contributed by atoms with van der Waals surface area (Å²) in [5.74, 6) is 0.0521. The SMILES string of the molecule is CCCCCCCCCCCC/C=C/CCCCCCCCC(=O)n1nnc2ccccc21. The number of aromatic nitrogens is 3. The molecule has 0 aliphatic rings. The fourth-order valence-electron chi connectivity index (χ4n) is 4.39. The van der Waals surface area contributed by atoms with Crippen LogP contribution in [0.15, 0.2) is 36.4 Å². The number of para-hydroxylation sites is 1. The standard InChI is InChI=1S/C29H47N3O/c1-2-3-4-5-6-7-8-9-10-11-12-13-14-15-16-17-18-19-20-21-26-29(33)32-28-25-23-22-24-27(28)30-31-32/h13-14,22-25H,2-12,15-21,26H2,1H3/b14-13+. The summed E-state index contributed by atoms with van der Waals surface area (Å²) in [5, 5.41) is 8.07. The zero-order chi connectivity index (χ0) is 23.4. The number of hydrogen-bond acceptors (Lipinski definition) is 3. The van der Waals surface area contributed by atoms with Crippen LogP contribution in [0.1, 0.15) is 134 Å². The summed E-state index contributed by atoms with van der Waals surface area (Å²) < 4.78 is 1.46. The summed E-state index contributed by atoms with van der Waals surface area (Å²) in [4.78, 5) is 12.4. The second kappa shape index (κ2) is 18.5. The van der Waals surface area contributed by atoms with Crippen LogP contribution in [0, 0.1) is 0 Å². The highest BCUT2D eigenvalue weighted by molar-refractivity contribution is 5.88. The Balaban J connectivity index is 1.33. The third kappa shape index (κ3) is 12.2. The van der Waals surface area contributed by atoms with E-state index in [9.17, 15) is 4.79 Å². The molecule has 0 N–H and O–H groups in total. The molecule has 1 aromatic carbocycles. The quantitative estimate of drug-likeness (QED) is 0.148. The maximum absolute atomic E-state index is 12.4. The largest absolute Gasteiger partial charge is 0.273 e. The molecule has 2 rings (SSSR count). The van der Waals surface area contributed by atoms with E-state index in [2.05, 4.69) is 29.4 Å². The molecule has 0 radical (unpaired) electrons. The van der Waals surface area contributed by atoms with Gasteiger partial charge in [-0.15, -0.1) is 5.10 Å². The van der Waals surface area contributed by atoms with Crippen molar-refractivity contribution in [1.82, 2.24) is 15.0 Å². The van der Waals surface area contributed by atoms with E-state index in [4.69, 9.17) is 0 Å². The van der Waals surface area contributed by atoms with Crippen molar-refractivity contribution < 1.29 is 4.79 Å². The fourth-order valence-corrected chi connectivity index (χ4v) is 4.39. The highest BCUT2D eigenvalue weighted by Gasteiger charge is 2.10. The molecule has 0 aliphatic carbocycles. The van der Waals surface area contributed by atoms with Crippen molar-refractivity contribution in [2.45, 2.75) is 129 Å². The van der Waals surface area contributed by atoms with E-state index < -0.39 is 0 Å². The zero-order valence-electron chi connectivity index (χ0n) is 21.1. The van der Waals surface area contributed by atoms with Gasteiger partial charge in [0.25, 0.3) is 0 Å². The van der Waals surface area contributed by atoms with Crippen LogP contribution >= 0.6 is 0 Å². The Labute approximate surface area is 202 Å². The van der Waals surface area contributed by atoms with Gasteiger partial charge in [0.1, 0.15) is 5.52 Å². The van der Waals surface area contributed by atoms with Gasteiger partial charge in [-0.3, -0.25) is 4.79 Å². The third-order valence-electron chi connectivity index (χ3n) is 6.49. The average molecular weight is 454 g/mol. The summed E-state index contributed by atoms with van der Waals surface area (Å²) in [5.41, 5.74) is 1.59. The van der Waals surface area contributed by atoms with Gasteiger partial charge in [0.15, 0.2) is 0 Å². The lowest BCUT2D eigenvalue weighted by Gasteiger charge is -2.02. The third-order valence-corrected chi connectivity index (χ3v) is 6.49. The van der Waals surface area contributed by atoms with E-state index in [1.165, 1.54) is 107 Å². The maximum Gasteiger partial charge on any atom is 0.248 e. The lowest BCUT2D eigenvalue weighted by atomic mass is 10.1. The molecule has 2 aromatic rings. The first-order chi connectivity index (χ1) is 16.3. The molecule has 4 nitrogen and oxygen atoms in total. The topological polar surface area (TPSA) is 47.8 Å². The van der Waals surface area contributed by atoms with Crippen molar-refractivity contribution in [3.8, 4) is 0 Å². The van der Waals surface area contributed by atoms with Crippen molar-refractivity contribution >= 4 is 16.9 Å². The molecular weight excluding hydrogens is 406 g/mol. The lowest BCUT2D eigenvalue weighted by molar-refractivity contribution is 0.0886. The van der Waals surface area contributed by atoms with Crippen LogP contribution in [0.25, 0.3) is 11.0 Å². The monoisotopic (exact) mass is 453 g/mol. The van der Waals surface area contributed by atoms with Gasteiger partial charge in [0.05, 0.1) is 5.52 Å². The minimum atomic E-state index is 0.0521. The first kappa shape index (κ1) is 27.3. The van der Waals surface area contributed by atoms with Crippen LogP contribution in [0.3, 0.4) is 0 Å². The van der Waals surface area contributed by atoms with Gasteiger partial charge in [-0.2, -0.15) is 4.68 Å². The molecule has 0 spiro atoms. The molecule has 1 aromatic heterocycles. The van der Waals surface area contributed by atoms with Gasteiger partial charge < -0.3 is 0 Å². The zero-order valence-corrected chi connectivity index (χ0v) is 21.1. The first-order valence-corrected chi connectivity index (χ1v) is 13.8.